The number of amides is 2. The second-order valence-electron chi connectivity index (χ2n) is 6.31. The maximum atomic E-state index is 12.8. The lowest BCUT2D eigenvalue weighted by Gasteiger charge is -2.23. The first-order chi connectivity index (χ1) is 14.1. The lowest BCUT2D eigenvalue weighted by atomic mass is 10.2. The van der Waals surface area contributed by atoms with Gasteiger partial charge >= 0.3 is 0 Å². The van der Waals surface area contributed by atoms with Crippen molar-refractivity contribution in [1.82, 2.24) is 5.32 Å². The van der Waals surface area contributed by atoms with Crippen molar-refractivity contribution < 1.29 is 14.3 Å². The SMILES string of the molecule is O=C(NCOCC(=O)N(Cc1ccccc1)c1ccc(Cl)cc1)c1ccccc1. The highest BCUT2D eigenvalue weighted by Crippen LogP contribution is 2.20. The van der Waals surface area contributed by atoms with Gasteiger partial charge in [0.1, 0.15) is 13.3 Å². The molecule has 0 radical (unpaired) electrons. The lowest BCUT2D eigenvalue weighted by Crippen LogP contribution is -2.35. The fraction of sp³-hybridized carbons (Fsp3) is 0.130. The van der Waals surface area contributed by atoms with Crippen molar-refractivity contribution >= 4 is 29.1 Å². The number of rotatable bonds is 8. The Morgan fingerprint density at radius 1 is 0.862 bits per heavy atom. The van der Waals surface area contributed by atoms with Crippen LogP contribution in [-0.2, 0) is 16.1 Å². The minimum absolute atomic E-state index is 0.0563. The lowest BCUT2D eigenvalue weighted by molar-refractivity contribution is -0.123. The fourth-order valence-electron chi connectivity index (χ4n) is 2.73. The zero-order valence-electron chi connectivity index (χ0n) is 15.8. The normalized spacial score (nSPS) is 10.4. The number of nitrogens with one attached hydrogen (secondary N) is 1. The molecule has 0 aliphatic heterocycles. The number of benzene rings is 3. The third-order valence-corrected chi connectivity index (χ3v) is 4.47. The molecule has 29 heavy (non-hydrogen) atoms. The summed E-state index contributed by atoms with van der Waals surface area (Å²) in [6, 6.07) is 25.6. The van der Waals surface area contributed by atoms with E-state index in [1.165, 1.54) is 0 Å². The molecular weight excluding hydrogens is 388 g/mol. The van der Waals surface area contributed by atoms with Gasteiger partial charge in [0.15, 0.2) is 0 Å². The third kappa shape index (κ3) is 6.17. The quantitative estimate of drug-likeness (QED) is 0.447. The summed E-state index contributed by atoms with van der Waals surface area (Å²) in [6.07, 6.45) is 0. The summed E-state index contributed by atoms with van der Waals surface area (Å²) in [5, 5.41) is 3.24. The van der Waals surface area contributed by atoms with Crippen LogP contribution in [0.5, 0.6) is 0 Å². The van der Waals surface area contributed by atoms with E-state index in [0.29, 0.717) is 17.1 Å². The Balaban J connectivity index is 1.59. The van der Waals surface area contributed by atoms with Crippen LogP contribution >= 0.6 is 11.6 Å². The molecule has 6 heteroatoms. The van der Waals surface area contributed by atoms with E-state index in [9.17, 15) is 9.59 Å². The highest BCUT2D eigenvalue weighted by atomic mass is 35.5. The zero-order chi connectivity index (χ0) is 20.5. The van der Waals surface area contributed by atoms with E-state index in [0.717, 1.165) is 11.3 Å². The number of nitrogens with zero attached hydrogens (tertiary/aromatic N) is 1. The summed E-state index contributed by atoms with van der Waals surface area (Å²) in [4.78, 5) is 26.5. The highest BCUT2D eigenvalue weighted by Gasteiger charge is 2.17. The Hall–Kier alpha value is -3.15. The van der Waals surface area contributed by atoms with Crippen LogP contribution in [0.4, 0.5) is 5.69 Å². The van der Waals surface area contributed by atoms with Crippen molar-refractivity contribution in [3.05, 3.63) is 101 Å². The molecule has 148 valence electrons. The second-order valence-corrected chi connectivity index (χ2v) is 6.74. The van der Waals surface area contributed by atoms with Gasteiger partial charge in [-0.05, 0) is 42.0 Å². The average Bonchev–Trinajstić information content (AvgIpc) is 2.77. The van der Waals surface area contributed by atoms with E-state index in [1.807, 2.05) is 36.4 Å². The number of halogens is 1. The van der Waals surface area contributed by atoms with Gasteiger partial charge in [0.2, 0.25) is 0 Å². The van der Waals surface area contributed by atoms with Crippen LogP contribution in [0, 0.1) is 0 Å². The number of carbonyl (C=O) groups is 2. The van der Waals surface area contributed by atoms with Crippen LogP contribution in [-0.4, -0.2) is 25.2 Å². The molecule has 0 saturated carbocycles. The third-order valence-electron chi connectivity index (χ3n) is 4.22. The molecular formula is C23H21ClN2O3. The van der Waals surface area contributed by atoms with Crippen molar-refractivity contribution in [2.45, 2.75) is 6.54 Å². The van der Waals surface area contributed by atoms with Gasteiger partial charge in [-0.25, -0.2) is 0 Å². The fourth-order valence-corrected chi connectivity index (χ4v) is 2.86. The zero-order valence-corrected chi connectivity index (χ0v) is 16.5. The summed E-state index contributed by atoms with van der Waals surface area (Å²) in [5.74, 6) is -0.470. The molecule has 0 atom stereocenters. The smallest absolute Gasteiger partial charge is 0.253 e. The second kappa shape index (κ2) is 10.4. The molecule has 5 nitrogen and oxygen atoms in total. The highest BCUT2D eigenvalue weighted by molar-refractivity contribution is 6.30. The summed E-state index contributed by atoms with van der Waals surface area (Å²) in [6.45, 7) is 0.185. The van der Waals surface area contributed by atoms with E-state index < -0.39 is 0 Å². The molecule has 0 fully saturated rings. The summed E-state index contributed by atoms with van der Waals surface area (Å²) >= 11 is 5.97. The molecule has 0 aliphatic rings. The number of anilines is 1. The first kappa shape index (κ1) is 20.6. The number of carbonyl (C=O) groups excluding carboxylic acids is 2. The first-order valence-corrected chi connectivity index (χ1v) is 9.52. The van der Waals surface area contributed by atoms with Gasteiger partial charge in [-0.2, -0.15) is 0 Å². The molecule has 2 amide bonds. The predicted octanol–water partition coefficient (Wildman–Crippen LogP) is 4.28. The summed E-state index contributed by atoms with van der Waals surface area (Å²) in [5.41, 5.74) is 2.25. The molecule has 3 rings (SSSR count). The number of ether oxygens (including phenoxy) is 1. The van der Waals surface area contributed by atoms with Crippen LogP contribution in [0.15, 0.2) is 84.9 Å². The molecule has 0 aliphatic carbocycles. The molecule has 0 heterocycles. The van der Waals surface area contributed by atoms with E-state index in [1.54, 1.807) is 53.4 Å². The van der Waals surface area contributed by atoms with Crippen molar-refractivity contribution in [2.75, 3.05) is 18.2 Å². The Morgan fingerprint density at radius 2 is 1.48 bits per heavy atom. The molecule has 0 bridgehead atoms. The molecule has 3 aromatic carbocycles. The maximum absolute atomic E-state index is 12.8. The molecule has 0 aromatic heterocycles. The number of hydrogen-bond donors (Lipinski definition) is 1. The van der Waals surface area contributed by atoms with Crippen molar-refractivity contribution in [3.63, 3.8) is 0 Å². The Labute approximate surface area is 174 Å². The average molecular weight is 409 g/mol. The topological polar surface area (TPSA) is 58.6 Å². The molecule has 0 spiro atoms. The van der Waals surface area contributed by atoms with Crippen molar-refractivity contribution in [3.8, 4) is 0 Å². The van der Waals surface area contributed by atoms with Gasteiger partial charge in [0, 0.05) is 16.3 Å². The van der Waals surface area contributed by atoms with Crippen LogP contribution in [0.1, 0.15) is 15.9 Å². The maximum Gasteiger partial charge on any atom is 0.253 e. The predicted molar refractivity (Wildman–Crippen MR) is 114 cm³/mol. The van der Waals surface area contributed by atoms with Gasteiger partial charge in [-0.15, -0.1) is 0 Å². The number of hydrogen-bond acceptors (Lipinski definition) is 3. The van der Waals surface area contributed by atoms with Gasteiger partial charge in [-0.3, -0.25) is 9.59 Å². The van der Waals surface area contributed by atoms with Crippen LogP contribution in [0.25, 0.3) is 0 Å². The van der Waals surface area contributed by atoms with E-state index >= 15 is 0 Å². The molecule has 1 N–H and O–H groups in total. The Bertz CT molecular complexity index is 931. The van der Waals surface area contributed by atoms with Gasteiger partial charge in [0.25, 0.3) is 11.8 Å². The summed E-state index contributed by atoms with van der Waals surface area (Å²) < 4.78 is 5.40. The minimum atomic E-state index is -0.253. The Kier molecular flexibility index (Phi) is 7.39. The summed E-state index contributed by atoms with van der Waals surface area (Å²) in [7, 11) is 0. The molecule has 0 saturated heterocycles. The van der Waals surface area contributed by atoms with Gasteiger partial charge < -0.3 is 15.0 Å². The monoisotopic (exact) mass is 408 g/mol. The Morgan fingerprint density at radius 3 is 2.14 bits per heavy atom. The van der Waals surface area contributed by atoms with Crippen LogP contribution in [0.2, 0.25) is 5.02 Å². The minimum Gasteiger partial charge on any atom is -0.351 e. The largest absolute Gasteiger partial charge is 0.351 e. The van der Waals surface area contributed by atoms with Gasteiger partial charge in [0.05, 0.1) is 6.54 Å². The van der Waals surface area contributed by atoms with Crippen molar-refractivity contribution in [2.24, 2.45) is 0 Å². The van der Waals surface area contributed by atoms with E-state index in [4.69, 9.17) is 16.3 Å². The molecule has 3 aromatic rings. The van der Waals surface area contributed by atoms with Crippen LogP contribution < -0.4 is 10.2 Å². The van der Waals surface area contributed by atoms with E-state index in [2.05, 4.69) is 5.32 Å². The van der Waals surface area contributed by atoms with Crippen molar-refractivity contribution in [1.29, 1.82) is 0 Å². The first-order valence-electron chi connectivity index (χ1n) is 9.14. The van der Waals surface area contributed by atoms with Gasteiger partial charge in [-0.1, -0.05) is 60.1 Å². The molecule has 0 unspecified atom stereocenters. The van der Waals surface area contributed by atoms with E-state index in [-0.39, 0.29) is 25.2 Å². The van der Waals surface area contributed by atoms with Crippen LogP contribution in [0.3, 0.4) is 0 Å². The standard InChI is InChI=1S/C23H21ClN2O3/c24-20-11-13-21(14-12-20)26(15-18-7-3-1-4-8-18)22(27)16-29-17-25-23(28)19-9-5-2-6-10-19/h1-14H,15-17H2,(H,25,28).